The van der Waals surface area contributed by atoms with Crippen LogP contribution < -0.4 is 0 Å². The molecule has 0 aliphatic heterocycles. The summed E-state index contributed by atoms with van der Waals surface area (Å²) < 4.78 is 2.04. The van der Waals surface area contributed by atoms with Gasteiger partial charge in [-0.15, -0.1) is 0 Å². The van der Waals surface area contributed by atoms with Gasteiger partial charge in [-0.1, -0.05) is 18.2 Å². The zero-order valence-corrected chi connectivity index (χ0v) is 13.3. The maximum Gasteiger partial charge on any atom is 0.141 e. The third kappa shape index (κ3) is 2.33. The Morgan fingerprint density at radius 2 is 1.83 bits per heavy atom. The number of hydrogen-bond donors (Lipinski definition) is 1. The number of hydrogen-bond acceptors (Lipinski definition) is 2. The van der Waals surface area contributed by atoms with Crippen molar-refractivity contribution >= 4 is 16.8 Å². The Bertz CT molecular complexity index is 999. The zero-order valence-electron chi connectivity index (χ0n) is 13.3. The first-order valence-corrected chi connectivity index (χ1v) is 7.90. The lowest BCUT2D eigenvalue weighted by Gasteiger charge is -2.20. The van der Waals surface area contributed by atoms with Gasteiger partial charge in [0, 0.05) is 35.9 Å². The van der Waals surface area contributed by atoms with E-state index in [0.717, 1.165) is 27.8 Å². The van der Waals surface area contributed by atoms with Crippen LogP contribution in [0.1, 0.15) is 24.0 Å². The molecule has 0 aliphatic carbocycles. The van der Waals surface area contributed by atoms with E-state index in [-0.39, 0.29) is 11.7 Å². The Kier molecular flexibility index (Phi) is 3.50. The third-order valence-electron chi connectivity index (χ3n) is 4.34. The van der Waals surface area contributed by atoms with Gasteiger partial charge in [0.25, 0.3) is 0 Å². The summed E-state index contributed by atoms with van der Waals surface area (Å²) in [6.07, 6.45) is 7.60. The monoisotopic (exact) mass is 315 g/mol. The Balaban J connectivity index is 1.96. The quantitative estimate of drug-likeness (QED) is 0.617. The molecule has 0 fully saturated rings. The van der Waals surface area contributed by atoms with Crippen LogP contribution in [0, 0.1) is 0 Å². The number of Topliss-reactive ketones (excluding diaryl/α,β-unsaturated/α-hetero) is 1. The summed E-state index contributed by atoms with van der Waals surface area (Å²) in [6, 6.07) is 15.9. The van der Waals surface area contributed by atoms with Crippen molar-refractivity contribution in [2.45, 2.75) is 12.8 Å². The van der Waals surface area contributed by atoms with Crippen molar-refractivity contribution in [1.29, 1.82) is 0 Å². The van der Waals surface area contributed by atoms with E-state index < -0.39 is 0 Å². The van der Waals surface area contributed by atoms with Crippen LogP contribution in [0.5, 0.6) is 0 Å². The lowest BCUT2D eigenvalue weighted by atomic mass is 9.86. The number of carbonyl (C=O) groups excluding carboxylic acids is 1. The number of rotatable bonds is 4. The van der Waals surface area contributed by atoms with Crippen molar-refractivity contribution in [3.63, 3.8) is 0 Å². The van der Waals surface area contributed by atoms with Crippen molar-refractivity contribution in [2.75, 3.05) is 0 Å². The summed E-state index contributed by atoms with van der Waals surface area (Å²) >= 11 is 0. The second-order valence-electron chi connectivity index (χ2n) is 5.83. The minimum atomic E-state index is -0.329. The van der Waals surface area contributed by atoms with Crippen LogP contribution in [0.4, 0.5) is 0 Å². The van der Waals surface area contributed by atoms with E-state index in [1.807, 2.05) is 71.7 Å². The molecule has 0 amide bonds. The van der Waals surface area contributed by atoms with Gasteiger partial charge in [0.15, 0.2) is 0 Å². The van der Waals surface area contributed by atoms with Gasteiger partial charge < -0.3 is 9.55 Å². The fraction of sp³-hybridized carbons (Fsp3) is 0.100. The zero-order chi connectivity index (χ0) is 16.5. The number of ketones is 1. The number of carbonyl (C=O) groups is 1. The van der Waals surface area contributed by atoms with Crippen LogP contribution in [0.2, 0.25) is 0 Å². The molecular weight excluding hydrogens is 298 g/mol. The Morgan fingerprint density at radius 1 is 1.04 bits per heavy atom. The summed E-state index contributed by atoms with van der Waals surface area (Å²) in [5.41, 5.74) is 3.80. The van der Waals surface area contributed by atoms with Crippen molar-refractivity contribution in [3.8, 4) is 5.69 Å². The third-order valence-corrected chi connectivity index (χ3v) is 4.34. The molecular formula is C20H17N3O. The lowest BCUT2D eigenvalue weighted by Crippen LogP contribution is -2.14. The molecule has 4 aromatic rings. The second kappa shape index (κ2) is 5.81. The number of nitrogens with one attached hydrogen (secondary N) is 1. The highest BCUT2D eigenvalue weighted by atomic mass is 16.1. The van der Waals surface area contributed by atoms with Crippen molar-refractivity contribution < 1.29 is 4.79 Å². The van der Waals surface area contributed by atoms with Crippen molar-refractivity contribution in [2.24, 2.45) is 0 Å². The summed E-state index contributed by atoms with van der Waals surface area (Å²) in [5.74, 6) is -0.215. The highest BCUT2D eigenvalue weighted by Crippen LogP contribution is 2.33. The van der Waals surface area contributed by atoms with E-state index in [4.69, 9.17) is 0 Å². The highest BCUT2D eigenvalue weighted by molar-refractivity contribution is 5.93. The first-order chi connectivity index (χ1) is 11.8. The molecule has 1 unspecified atom stereocenters. The molecule has 118 valence electrons. The maximum atomic E-state index is 12.6. The number of fused-ring (bicyclic) bond motifs is 1. The molecule has 1 N–H and O–H groups in total. The molecule has 0 aliphatic rings. The minimum Gasteiger partial charge on any atom is -0.346 e. The summed E-state index contributed by atoms with van der Waals surface area (Å²) in [7, 11) is 0. The topological polar surface area (TPSA) is 50.7 Å². The van der Waals surface area contributed by atoms with E-state index in [1.165, 1.54) is 0 Å². The summed E-state index contributed by atoms with van der Waals surface area (Å²) in [4.78, 5) is 20.0. The largest absolute Gasteiger partial charge is 0.346 e. The second-order valence-corrected chi connectivity index (χ2v) is 5.83. The van der Waals surface area contributed by atoms with Gasteiger partial charge in [0.05, 0.1) is 5.92 Å². The molecule has 0 spiro atoms. The first-order valence-electron chi connectivity index (χ1n) is 7.90. The molecule has 0 saturated carbocycles. The van der Waals surface area contributed by atoms with Crippen LogP contribution in [0.15, 0.2) is 73.3 Å². The SMILES string of the molecule is CC(=O)C(c1ccccc1-n1cccc1)c1ccnc2[nH]ccc12. The summed E-state index contributed by atoms with van der Waals surface area (Å²) in [5, 5.41) is 0.986. The minimum absolute atomic E-state index is 0.114. The molecule has 3 aromatic heterocycles. The van der Waals surface area contributed by atoms with E-state index in [1.54, 1.807) is 13.1 Å². The normalized spacial score (nSPS) is 12.4. The Morgan fingerprint density at radius 3 is 2.62 bits per heavy atom. The predicted octanol–water partition coefficient (Wildman–Crippen LogP) is 4.07. The highest BCUT2D eigenvalue weighted by Gasteiger charge is 2.24. The fourth-order valence-electron chi connectivity index (χ4n) is 3.30. The lowest BCUT2D eigenvalue weighted by molar-refractivity contribution is -0.117. The molecule has 4 heteroatoms. The van der Waals surface area contributed by atoms with E-state index >= 15 is 0 Å². The van der Waals surface area contributed by atoms with Crippen LogP contribution in [0.3, 0.4) is 0 Å². The number of pyridine rings is 1. The maximum absolute atomic E-state index is 12.6. The smallest absolute Gasteiger partial charge is 0.141 e. The first kappa shape index (κ1) is 14.5. The average Bonchev–Trinajstić information content (AvgIpc) is 3.27. The molecule has 0 radical (unpaired) electrons. The van der Waals surface area contributed by atoms with Crippen LogP contribution in [-0.2, 0) is 4.79 Å². The van der Waals surface area contributed by atoms with E-state index in [0.29, 0.717) is 0 Å². The Hall–Kier alpha value is -3.14. The van der Waals surface area contributed by atoms with E-state index in [9.17, 15) is 4.79 Å². The van der Waals surface area contributed by atoms with Gasteiger partial charge in [0.2, 0.25) is 0 Å². The van der Waals surface area contributed by atoms with Gasteiger partial charge in [-0.05, 0) is 48.4 Å². The molecule has 0 saturated heterocycles. The van der Waals surface area contributed by atoms with Crippen LogP contribution in [0.25, 0.3) is 16.7 Å². The summed E-state index contributed by atoms with van der Waals surface area (Å²) in [6.45, 7) is 1.65. The number of H-pyrrole nitrogens is 1. The van der Waals surface area contributed by atoms with E-state index in [2.05, 4.69) is 9.97 Å². The standard InChI is InChI=1S/C20H17N3O/c1-14(24)19(15-8-10-21-20-16(15)9-11-22-20)17-6-2-3-7-18(17)23-12-4-5-13-23/h2-13,19H,1H3,(H,21,22). The van der Waals surface area contributed by atoms with Gasteiger partial charge in [0.1, 0.15) is 11.4 Å². The molecule has 4 rings (SSSR count). The number of aromatic nitrogens is 3. The molecule has 0 bridgehead atoms. The average molecular weight is 315 g/mol. The van der Waals surface area contributed by atoms with Crippen molar-refractivity contribution in [3.05, 3.63) is 84.4 Å². The molecule has 24 heavy (non-hydrogen) atoms. The van der Waals surface area contributed by atoms with Gasteiger partial charge in [-0.25, -0.2) is 4.98 Å². The number of benzene rings is 1. The molecule has 1 aromatic carbocycles. The van der Waals surface area contributed by atoms with Gasteiger partial charge >= 0.3 is 0 Å². The van der Waals surface area contributed by atoms with Gasteiger partial charge in [-0.3, -0.25) is 4.79 Å². The fourth-order valence-corrected chi connectivity index (χ4v) is 3.30. The van der Waals surface area contributed by atoms with Crippen molar-refractivity contribution in [1.82, 2.24) is 14.5 Å². The number of aromatic amines is 1. The van der Waals surface area contributed by atoms with Crippen LogP contribution in [-0.4, -0.2) is 20.3 Å². The predicted molar refractivity (Wildman–Crippen MR) is 94.4 cm³/mol. The molecule has 4 nitrogen and oxygen atoms in total. The number of nitrogens with zero attached hydrogens (tertiary/aromatic N) is 2. The molecule has 3 heterocycles. The molecule has 1 atom stereocenters. The van der Waals surface area contributed by atoms with Crippen LogP contribution >= 0.6 is 0 Å². The Labute approximate surface area is 139 Å². The number of para-hydroxylation sites is 1. The van der Waals surface area contributed by atoms with Gasteiger partial charge in [-0.2, -0.15) is 0 Å².